The third kappa shape index (κ3) is 4.06. The van der Waals surface area contributed by atoms with Crippen molar-refractivity contribution in [2.45, 2.75) is 25.5 Å². The van der Waals surface area contributed by atoms with E-state index in [2.05, 4.69) is 5.32 Å². The first kappa shape index (κ1) is 14.0. The molecule has 1 aromatic rings. The molecule has 1 aromatic carbocycles. The number of amides is 1. The molecule has 0 saturated heterocycles. The van der Waals surface area contributed by atoms with Gasteiger partial charge < -0.3 is 20.6 Å². The van der Waals surface area contributed by atoms with Gasteiger partial charge in [-0.3, -0.25) is 4.79 Å². The fourth-order valence-electron chi connectivity index (χ4n) is 1.36. The highest BCUT2D eigenvalue weighted by Crippen LogP contribution is 2.11. The zero-order valence-corrected chi connectivity index (χ0v) is 9.83. The summed E-state index contributed by atoms with van der Waals surface area (Å²) in [6, 6.07) is 4.89. The molecule has 6 heteroatoms. The number of carboxylic acid groups (broad SMARTS) is 1. The minimum atomic E-state index is -1.26. The molecule has 98 valence electrons. The molecule has 0 spiro atoms. The number of hydrogen-bond donors (Lipinski definition) is 4. The van der Waals surface area contributed by atoms with Crippen LogP contribution in [0.5, 0.6) is 5.75 Å². The highest BCUT2D eigenvalue weighted by molar-refractivity contribution is 5.86. The maximum atomic E-state index is 11.2. The smallest absolute Gasteiger partial charge is 0.326 e. The van der Waals surface area contributed by atoms with Crippen molar-refractivity contribution in [1.82, 2.24) is 5.32 Å². The zero-order valence-electron chi connectivity index (χ0n) is 9.83. The number of aliphatic hydroxyl groups is 1. The first-order valence-electron chi connectivity index (χ1n) is 5.39. The number of aromatic hydroxyl groups is 1. The van der Waals surface area contributed by atoms with Crippen LogP contribution in [0.4, 0.5) is 0 Å². The van der Waals surface area contributed by atoms with Crippen LogP contribution < -0.4 is 5.32 Å². The second-order valence-electron chi connectivity index (χ2n) is 3.95. The van der Waals surface area contributed by atoms with E-state index >= 15 is 0 Å². The van der Waals surface area contributed by atoms with Crippen LogP contribution in [0.3, 0.4) is 0 Å². The fourth-order valence-corrected chi connectivity index (χ4v) is 1.36. The lowest BCUT2D eigenvalue weighted by Gasteiger charge is -2.15. The first-order chi connectivity index (χ1) is 8.40. The molecule has 0 aliphatic rings. The van der Waals surface area contributed by atoms with Crippen molar-refractivity contribution in [3.63, 3.8) is 0 Å². The Balaban J connectivity index is 2.72. The lowest BCUT2D eigenvalue weighted by molar-refractivity contribution is -0.143. The van der Waals surface area contributed by atoms with E-state index in [1.165, 1.54) is 19.1 Å². The van der Waals surface area contributed by atoms with Gasteiger partial charge in [0.2, 0.25) is 5.91 Å². The van der Waals surface area contributed by atoms with Crippen molar-refractivity contribution < 1.29 is 24.9 Å². The number of rotatable bonds is 5. The number of aliphatic carboxylic acids is 1. The molecule has 0 bridgehead atoms. The van der Waals surface area contributed by atoms with Gasteiger partial charge in [0.25, 0.3) is 0 Å². The summed E-state index contributed by atoms with van der Waals surface area (Å²) in [5.41, 5.74) is 0.658. The van der Waals surface area contributed by atoms with Gasteiger partial charge >= 0.3 is 5.97 Å². The molecule has 0 aliphatic carbocycles. The Morgan fingerprint density at radius 2 is 1.83 bits per heavy atom. The summed E-state index contributed by atoms with van der Waals surface area (Å²) in [6.45, 7) is 1.26. The number of aliphatic hydroxyl groups excluding tert-OH is 1. The van der Waals surface area contributed by atoms with Crippen LogP contribution in [0.25, 0.3) is 0 Å². The minimum Gasteiger partial charge on any atom is -0.508 e. The lowest BCUT2D eigenvalue weighted by atomic mass is 10.1. The standard InChI is InChI=1S/C12H15NO5/c1-7(14)11(16)13-10(12(17)18)6-8-2-4-9(15)5-3-8/h2-5,7,10,14-15H,6H2,1H3,(H,13,16)(H,17,18). The normalized spacial score (nSPS) is 13.7. The summed E-state index contributed by atoms with van der Waals surface area (Å²) >= 11 is 0. The molecule has 0 heterocycles. The molecule has 0 aliphatic heterocycles. The van der Waals surface area contributed by atoms with Gasteiger partial charge in [0.15, 0.2) is 0 Å². The number of carbonyl (C=O) groups excluding carboxylic acids is 1. The van der Waals surface area contributed by atoms with Crippen LogP contribution >= 0.6 is 0 Å². The molecule has 2 unspecified atom stereocenters. The predicted molar refractivity (Wildman–Crippen MR) is 63.1 cm³/mol. The lowest BCUT2D eigenvalue weighted by Crippen LogP contribution is -2.45. The molecular formula is C12H15NO5. The minimum absolute atomic E-state index is 0.0775. The molecule has 18 heavy (non-hydrogen) atoms. The predicted octanol–water partition coefficient (Wildman–Crippen LogP) is -0.115. The zero-order chi connectivity index (χ0) is 13.7. The number of benzene rings is 1. The Morgan fingerprint density at radius 3 is 2.28 bits per heavy atom. The van der Waals surface area contributed by atoms with E-state index in [0.717, 1.165) is 0 Å². The largest absolute Gasteiger partial charge is 0.508 e. The van der Waals surface area contributed by atoms with Crippen LogP contribution in [-0.2, 0) is 16.0 Å². The summed E-state index contributed by atoms with van der Waals surface area (Å²) < 4.78 is 0. The SMILES string of the molecule is CC(O)C(=O)NC(Cc1ccc(O)cc1)C(=O)O. The number of carboxylic acids is 1. The van der Waals surface area contributed by atoms with E-state index in [1.54, 1.807) is 12.1 Å². The van der Waals surface area contributed by atoms with E-state index < -0.39 is 24.0 Å². The molecule has 0 aromatic heterocycles. The molecule has 4 N–H and O–H groups in total. The van der Waals surface area contributed by atoms with Crippen LogP contribution in [0, 0.1) is 0 Å². The van der Waals surface area contributed by atoms with Crippen molar-refractivity contribution in [2.75, 3.05) is 0 Å². The van der Waals surface area contributed by atoms with E-state index in [1.807, 2.05) is 0 Å². The van der Waals surface area contributed by atoms with Crippen LogP contribution in [-0.4, -0.2) is 39.3 Å². The van der Waals surface area contributed by atoms with Gasteiger partial charge in [-0.15, -0.1) is 0 Å². The van der Waals surface area contributed by atoms with Crippen LogP contribution in [0.2, 0.25) is 0 Å². The summed E-state index contributed by atoms with van der Waals surface area (Å²) in [5, 5.41) is 29.3. The van der Waals surface area contributed by atoms with Crippen molar-refractivity contribution in [3.05, 3.63) is 29.8 Å². The Labute approximate surface area is 104 Å². The maximum absolute atomic E-state index is 11.2. The Kier molecular flexibility index (Phi) is 4.67. The van der Waals surface area contributed by atoms with Gasteiger partial charge in [-0.25, -0.2) is 4.79 Å². The third-order valence-corrected chi connectivity index (χ3v) is 2.37. The van der Waals surface area contributed by atoms with Crippen LogP contribution in [0.15, 0.2) is 24.3 Å². The number of phenols is 1. The third-order valence-electron chi connectivity index (χ3n) is 2.37. The molecule has 0 saturated carbocycles. The van der Waals surface area contributed by atoms with E-state index in [0.29, 0.717) is 5.56 Å². The topological polar surface area (TPSA) is 107 Å². The Hall–Kier alpha value is -2.08. The molecule has 0 fully saturated rings. The Morgan fingerprint density at radius 1 is 1.28 bits per heavy atom. The number of hydrogen-bond acceptors (Lipinski definition) is 4. The van der Waals surface area contributed by atoms with E-state index in [9.17, 15) is 9.59 Å². The summed E-state index contributed by atoms with van der Waals surface area (Å²) in [7, 11) is 0. The molecule has 0 radical (unpaired) electrons. The van der Waals surface area contributed by atoms with Gasteiger partial charge in [0.05, 0.1) is 0 Å². The van der Waals surface area contributed by atoms with Gasteiger partial charge in [-0.1, -0.05) is 12.1 Å². The quantitative estimate of drug-likeness (QED) is 0.585. The first-order valence-corrected chi connectivity index (χ1v) is 5.39. The highest BCUT2D eigenvalue weighted by Gasteiger charge is 2.22. The number of carbonyl (C=O) groups is 2. The van der Waals surface area contributed by atoms with Crippen molar-refractivity contribution in [2.24, 2.45) is 0 Å². The van der Waals surface area contributed by atoms with E-state index in [-0.39, 0.29) is 12.2 Å². The summed E-state index contributed by atoms with van der Waals surface area (Å²) in [4.78, 5) is 22.2. The van der Waals surface area contributed by atoms with Crippen LogP contribution in [0.1, 0.15) is 12.5 Å². The number of phenolic OH excluding ortho intramolecular Hbond substituents is 1. The van der Waals surface area contributed by atoms with Crippen molar-refractivity contribution >= 4 is 11.9 Å². The van der Waals surface area contributed by atoms with Gasteiger partial charge in [0, 0.05) is 6.42 Å². The monoisotopic (exact) mass is 253 g/mol. The summed E-state index contributed by atoms with van der Waals surface area (Å²) in [6.07, 6.45) is -1.18. The highest BCUT2D eigenvalue weighted by atomic mass is 16.4. The van der Waals surface area contributed by atoms with Gasteiger partial charge in [-0.2, -0.15) is 0 Å². The molecule has 2 atom stereocenters. The van der Waals surface area contributed by atoms with Crippen molar-refractivity contribution in [1.29, 1.82) is 0 Å². The molecule has 6 nitrogen and oxygen atoms in total. The average Bonchev–Trinajstić information content (AvgIpc) is 2.30. The van der Waals surface area contributed by atoms with Crippen molar-refractivity contribution in [3.8, 4) is 5.75 Å². The fraction of sp³-hybridized carbons (Fsp3) is 0.333. The summed E-state index contributed by atoms with van der Waals surface area (Å²) in [5.74, 6) is -1.84. The van der Waals surface area contributed by atoms with E-state index in [4.69, 9.17) is 15.3 Å². The van der Waals surface area contributed by atoms with Gasteiger partial charge in [-0.05, 0) is 24.6 Å². The maximum Gasteiger partial charge on any atom is 0.326 e. The molecule has 1 rings (SSSR count). The molecular weight excluding hydrogens is 238 g/mol. The second kappa shape index (κ2) is 6.02. The Bertz CT molecular complexity index is 427. The van der Waals surface area contributed by atoms with Gasteiger partial charge in [0.1, 0.15) is 17.9 Å². The second-order valence-corrected chi connectivity index (χ2v) is 3.95. The average molecular weight is 253 g/mol. The number of nitrogens with one attached hydrogen (secondary N) is 1. The molecule has 1 amide bonds.